The van der Waals surface area contributed by atoms with E-state index in [1.807, 2.05) is 0 Å². The van der Waals surface area contributed by atoms with E-state index in [1.54, 1.807) is 0 Å². The second-order valence-electron chi connectivity index (χ2n) is 14.6. The Morgan fingerprint density at radius 1 is 0.781 bits per heavy atom. The molecule has 0 spiro atoms. The maximum absolute atomic E-state index is 10.9. The van der Waals surface area contributed by atoms with E-state index in [4.69, 9.17) is 0 Å². The maximum Gasteiger partial charge on any atom is 0.0594 e. The van der Waals surface area contributed by atoms with Gasteiger partial charge in [0.1, 0.15) is 0 Å². The van der Waals surface area contributed by atoms with Crippen LogP contribution in [0, 0.1) is 57.2 Å². The summed E-state index contributed by atoms with van der Waals surface area (Å²) in [6.07, 6.45) is 16.5. The summed E-state index contributed by atoms with van der Waals surface area (Å²) in [7, 11) is 0. The van der Waals surface area contributed by atoms with E-state index in [-0.39, 0.29) is 11.5 Å². The van der Waals surface area contributed by atoms with Gasteiger partial charge in [-0.25, -0.2) is 0 Å². The van der Waals surface area contributed by atoms with Crippen LogP contribution in [-0.4, -0.2) is 11.2 Å². The molecular weight excluding hydrogens is 388 g/mol. The zero-order valence-electron chi connectivity index (χ0n) is 23.0. The summed E-state index contributed by atoms with van der Waals surface area (Å²) >= 11 is 0. The zero-order chi connectivity index (χ0) is 23.5. The fraction of sp³-hybridized carbons (Fsp3) is 1.00. The van der Waals surface area contributed by atoms with E-state index in [2.05, 4.69) is 55.4 Å². The molecule has 9 atom stereocenters. The number of aliphatic hydroxyl groups excluding tert-OH is 1. The average Bonchev–Trinajstić information content (AvgIpc) is 3.01. The molecule has 0 amide bonds. The van der Waals surface area contributed by atoms with Gasteiger partial charge >= 0.3 is 0 Å². The largest absolute Gasteiger partial charge is 0.393 e. The van der Waals surface area contributed by atoms with Gasteiger partial charge in [0.05, 0.1) is 6.10 Å². The van der Waals surface area contributed by atoms with Crippen LogP contribution in [0.4, 0.5) is 0 Å². The molecule has 4 saturated carbocycles. The van der Waals surface area contributed by atoms with Crippen LogP contribution in [0.2, 0.25) is 0 Å². The maximum atomic E-state index is 10.9. The molecule has 4 aliphatic rings. The van der Waals surface area contributed by atoms with Crippen molar-refractivity contribution in [3.63, 3.8) is 0 Å². The lowest BCUT2D eigenvalue weighted by Gasteiger charge is -2.69. The lowest BCUT2D eigenvalue weighted by molar-refractivity contribution is -0.211. The lowest BCUT2D eigenvalue weighted by atomic mass is 9.36. The quantitative estimate of drug-likeness (QED) is 0.433. The predicted molar refractivity (Wildman–Crippen MR) is 137 cm³/mol. The fourth-order valence-corrected chi connectivity index (χ4v) is 10.8. The molecule has 0 heterocycles. The molecule has 9 unspecified atom stereocenters. The third kappa shape index (κ3) is 3.48. The van der Waals surface area contributed by atoms with Gasteiger partial charge in [0.15, 0.2) is 0 Å². The van der Waals surface area contributed by atoms with Crippen LogP contribution in [-0.2, 0) is 0 Å². The molecule has 0 aromatic carbocycles. The van der Waals surface area contributed by atoms with Gasteiger partial charge < -0.3 is 5.11 Å². The summed E-state index contributed by atoms with van der Waals surface area (Å²) in [6.45, 7) is 20.2. The van der Waals surface area contributed by atoms with Crippen molar-refractivity contribution in [2.45, 2.75) is 139 Å². The van der Waals surface area contributed by atoms with E-state index in [1.165, 1.54) is 70.6 Å². The van der Waals surface area contributed by atoms with Gasteiger partial charge in [-0.05, 0) is 115 Å². The number of fused-ring (bicyclic) bond motifs is 5. The monoisotopic (exact) mass is 444 g/mol. The standard InChI is InChI=1S/C31H56O/c1-9-31-20-19-29(7)23(22(4)12-10-11-21(2)3)17-18-30(29,8)26(31)15-13-24-25(31)14-16-27(32)28(24,5)6/h21-27,32H,9-20H2,1-8H3. The summed E-state index contributed by atoms with van der Waals surface area (Å²) in [6, 6.07) is 0. The first-order valence-electron chi connectivity index (χ1n) is 14.6. The number of hydrogen-bond acceptors (Lipinski definition) is 1. The van der Waals surface area contributed by atoms with Crippen LogP contribution in [0.3, 0.4) is 0 Å². The highest BCUT2D eigenvalue weighted by molar-refractivity contribution is 5.17. The molecule has 0 aliphatic heterocycles. The fourth-order valence-electron chi connectivity index (χ4n) is 10.8. The molecule has 0 radical (unpaired) electrons. The van der Waals surface area contributed by atoms with Crippen molar-refractivity contribution in [1.82, 2.24) is 0 Å². The second-order valence-corrected chi connectivity index (χ2v) is 14.6. The molecule has 4 rings (SSSR count). The Morgan fingerprint density at radius 2 is 1.47 bits per heavy atom. The lowest BCUT2D eigenvalue weighted by Crippen LogP contribution is -2.62. The van der Waals surface area contributed by atoms with Crippen molar-refractivity contribution in [3.8, 4) is 0 Å². The third-order valence-corrected chi connectivity index (χ3v) is 13.0. The summed E-state index contributed by atoms with van der Waals surface area (Å²) in [5.41, 5.74) is 1.68. The molecule has 1 heteroatoms. The van der Waals surface area contributed by atoms with E-state index < -0.39 is 0 Å². The normalized spacial score (nSPS) is 48.8. The first kappa shape index (κ1) is 25.1. The van der Waals surface area contributed by atoms with E-state index >= 15 is 0 Å². The van der Waals surface area contributed by atoms with Crippen molar-refractivity contribution < 1.29 is 5.11 Å². The van der Waals surface area contributed by atoms with Crippen molar-refractivity contribution in [3.05, 3.63) is 0 Å². The first-order valence-corrected chi connectivity index (χ1v) is 14.6. The van der Waals surface area contributed by atoms with Crippen LogP contribution in [0.5, 0.6) is 0 Å². The Labute approximate surface area is 200 Å². The first-order chi connectivity index (χ1) is 14.9. The minimum absolute atomic E-state index is 0.0961. The molecule has 0 bridgehead atoms. The number of aliphatic hydroxyl groups is 1. The Balaban J connectivity index is 1.60. The van der Waals surface area contributed by atoms with Gasteiger partial charge in [0, 0.05) is 0 Å². The SMILES string of the molecule is CCC12CCC3(C)C(C(C)CCCC(C)C)CCC3(C)C1CCC1C2CCC(O)C1(C)C. The van der Waals surface area contributed by atoms with Crippen molar-refractivity contribution >= 4 is 0 Å². The van der Waals surface area contributed by atoms with E-state index in [0.29, 0.717) is 16.2 Å². The summed E-state index contributed by atoms with van der Waals surface area (Å²) < 4.78 is 0. The molecule has 0 saturated heterocycles. The Morgan fingerprint density at radius 3 is 2.12 bits per heavy atom. The van der Waals surface area contributed by atoms with Gasteiger partial charge in [-0.3, -0.25) is 0 Å². The molecule has 32 heavy (non-hydrogen) atoms. The minimum atomic E-state index is -0.0961. The molecular formula is C31H56O. The summed E-state index contributed by atoms with van der Waals surface area (Å²) in [5.74, 6) is 5.13. The smallest absolute Gasteiger partial charge is 0.0594 e. The van der Waals surface area contributed by atoms with E-state index in [9.17, 15) is 5.11 Å². The molecule has 0 aromatic rings. The molecule has 1 nitrogen and oxygen atoms in total. The molecule has 186 valence electrons. The predicted octanol–water partition coefficient (Wildman–Crippen LogP) is 8.88. The van der Waals surface area contributed by atoms with Crippen molar-refractivity contribution in [2.75, 3.05) is 0 Å². The summed E-state index contributed by atoms with van der Waals surface area (Å²) in [4.78, 5) is 0. The molecule has 4 aliphatic carbocycles. The van der Waals surface area contributed by atoms with Crippen molar-refractivity contribution in [2.24, 2.45) is 57.2 Å². The minimum Gasteiger partial charge on any atom is -0.393 e. The van der Waals surface area contributed by atoms with Crippen molar-refractivity contribution in [1.29, 1.82) is 0 Å². The van der Waals surface area contributed by atoms with Gasteiger partial charge in [0.2, 0.25) is 0 Å². The van der Waals surface area contributed by atoms with Crippen LogP contribution >= 0.6 is 0 Å². The molecule has 1 N–H and O–H groups in total. The third-order valence-electron chi connectivity index (χ3n) is 13.0. The Hall–Kier alpha value is -0.0400. The van der Waals surface area contributed by atoms with Crippen LogP contribution in [0.25, 0.3) is 0 Å². The zero-order valence-corrected chi connectivity index (χ0v) is 23.0. The van der Waals surface area contributed by atoms with Crippen LogP contribution in [0.1, 0.15) is 132 Å². The molecule has 4 fully saturated rings. The van der Waals surface area contributed by atoms with Gasteiger partial charge in [0.25, 0.3) is 0 Å². The molecule has 0 aromatic heterocycles. The Bertz CT molecular complexity index is 665. The number of hydrogen-bond donors (Lipinski definition) is 1. The highest BCUT2D eigenvalue weighted by Gasteiger charge is 2.69. The highest BCUT2D eigenvalue weighted by atomic mass is 16.3. The second kappa shape index (κ2) is 8.57. The summed E-state index contributed by atoms with van der Waals surface area (Å²) in [5, 5.41) is 10.9. The Kier molecular flexibility index (Phi) is 6.71. The van der Waals surface area contributed by atoms with Gasteiger partial charge in [-0.15, -0.1) is 0 Å². The average molecular weight is 445 g/mol. The van der Waals surface area contributed by atoms with E-state index in [0.717, 1.165) is 41.9 Å². The van der Waals surface area contributed by atoms with Crippen LogP contribution in [0.15, 0.2) is 0 Å². The number of rotatable bonds is 6. The van der Waals surface area contributed by atoms with Gasteiger partial charge in [-0.1, -0.05) is 74.7 Å². The topological polar surface area (TPSA) is 20.2 Å². The van der Waals surface area contributed by atoms with Gasteiger partial charge in [-0.2, -0.15) is 0 Å². The van der Waals surface area contributed by atoms with Crippen LogP contribution < -0.4 is 0 Å². The highest BCUT2D eigenvalue weighted by Crippen LogP contribution is 2.76.